The van der Waals surface area contributed by atoms with Crippen molar-refractivity contribution in [2.24, 2.45) is 5.10 Å². The molecule has 1 aliphatic carbocycles. The van der Waals surface area contributed by atoms with Gasteiger partial charge >= 0.3 is 0 Å². The molecule has 2 aromatic carbocycles. The van der Waals surface area contributed by atoms with E-state index in [1.165, 1.54) is 48.5 Å². The van der Waals surface area contributed by atoms with E-state index in [1.54, 1.807) is 6.92 Å². The fraction of sp³-hybridized carbons (Fsp3) is 0.174. The molecule has 0 unspecified atom stereocenters. The van der Waals surface area contributed by atoms with Gasteiger partial charge in [0.05, 0.1) is 10.6 Å². The zero-order valence-electron chi connectivity index (χ0n) is 17.6. The lowest BCUT2D eigenvalue weighted by molar-refractivity contribution is -0.384. The van der Waals surface area contributed by atoms with Crippen molar-refractivity contribution >= 4 is 28.9 Å². The predicted molar refractivity (Wildman–Crippen MR) is 118 cm³/mol. The van der Waals surface area contributed by atoms with Crippen LogP contribution in [0.4, 0.5) is 15.8 Å². The van der Waals surface area contributed by atoms with Crippen molar-refractivity contribution in [3.05, 3.63) is 92.7 Å². The maximum Gasteiger partial charge on any atom is 0.291 e. The number of aryl methyl sites for hydroxylation is 1. The second kappa shape index (κ2) is 9.03. The number of nitro groups is 1. The summed E-state index contributed by atoms with van der Waals surface area (Å²) >= 11 is 0. The largest absolute Gasteiger partial charge is 0.455 e. The lowest BCUT2D eigenvalue weighted by atomic mass is 9.93. The quantitative estimate of drug-likeness (QED) is 0.441. The zero-order chi connectivity index (χ0) is 23.5. The second-order valence-electron chi connectivity index (χ2n) is 7.47. The number of fused-ring (bicyclic) bond motifs is 1. The number of nitro benzene ring substituents is 1. The molecule has 0 fully saturated rings. The van der Waals surface area contributed by atoms with Gasteiger partial charge in [-0.05, 0) is 56.2 Å². The summed E-state index contributed by atoms with van der Waals surface area (Å²) in [5, 5.41) is 17.7. The Morgan fingerprint density at radius 3 is 2.42 bits per heavy atom. The van der Waals surface area contributed by atoms with Crippen LogP contribution >= 0.6 is 0 Å². The van der Waals surface area contributed by atoms with E-state index in [9.17, 15) is 24.1 Å². The van der Waals surface area contributed by atoms with Gasteiger partial charge in [0.1, 0.15) is 11.6 Å². The Kier molecular flexibility index (Phi) is 5.99. The Morgan fingerprint density at radius 1 is 1.06 bits per heavy atom. The smallest absolute Gasteiger partial charge is 0.291 e. The second-order valence-corrected chi connectivity index (χ2v) is 7.47. The summed E-state index contributed by atoms with van der Waals surface area (Å²) in [6.45, 7) is 1.74. The molecule has 0 radical (unpaired) electrons. The van der Waals surface area contributed by atoms with Crippen LogP contribution in [0.2, 0.25) is 0 Å². The van der Waals surface area contributed by atoms with Crippen LogP contribution in [-0.4, -0.2) is 22.4 Å². The van der Waals surface area contributed by atoms with Crippen molar-refractivity contribution in [1.82, 2.24) is 5.43 Å². The number of amides is 2. The van der Waals surface area contributed by atoms with Gasteiger partial charge in [0.15, 0.2) is 5.76 Å². The Balaban J connectivity index is 1.53. The highest BCUT2D eigenvalue weighted by atomic mass is 19.1. The van der Waals surface area contributed by atoms with Gasteiger partial charge in [-0.3, -0.25) is 19.7 Å². The number of nitrogens with one attached hydrogen (secondary N) is 2. The van der Waals surface area contributed by atoms with Gasteiger partial charge in [-0.25, -0.2) is 9.82 Å². The molecule has 3 aromatic rings. The number of anilines is 1. The van der Waals surface area contributed by atoms with Crippen molar-refractivity contribution in [2.45, 2.75) is 26.2 Å². The minimum Gasteiger partial charge on any atom is -0.455 e. The minimum absolute atomic E-state index is 0.116. The molecular weight excluding hydrogens is 431 g/mol. The third-order valence-corrected chi connectivity index (χ3v) is 5.27. The summed E-state index contributed by atoms with van der Waals surface area (Å²) in [6, 6.07) is 10.6. The number of hydrogen-bond donors (Lipinski definition) is 2. The van der Waals surface area contributed by atoms with Gasteiger partial charge in [0.2, 0.25) is 0 Å². The third kappa shape index (κ3) is 4.64. The summed E-state index contributed by atoms with van der Waals surface area (Å²) in [4.78, 5) is 35.3. The molecule has 0 spiro atoms. The van der Waals surface area contributed by atoms with Crippen molar-refractivity contribution < 1.29 is 23.3 Å². The predicted octanol–water partition coefficient (Wildman–Crippen LogP) is 4.36. The van der Waals surface area contributed by atoms with Crippen molar-refractivity contribution in [1.29, 1.82) is 0 Å². The number of benzene rings is 2. The first-order valence-electron chi connectivity index (χ1n) is 10.1. The normalized spacial score (nSPS) is 13.9. The average molecular weight is 450 g/mol. The number of non-ortho nitro benzene ring substituents is 1. The van der Waals surface area contributed by atoms with Crippen molar-refractivity contribution in [2.75, 3.05) is 5.32 Å². The van der Waals surface area contributed by atoms with Crippen LogP contribution < -0.4 is 10.7 Å². The molecule has 0 bridgehead atoms. The number of furan rings is 1. The fourth-order valence-electron chi connectivity index (χ4n) is 3.64. The molecule has 0 atom stereocenters. The highest BCUT2D eigenvalue weighted by Crippen LogP contribution is 2.30. The summed E-state index contributed by atoms with van der Waals surface area (Å²) < 4.78 is 18.9. The molecule has 1 heterocycles. The highest BCUT2D eigenvalue weighted by molar-refractivity contribution is 6.09. The van der Waals surface area contributed by atoms with Crippen LogP contribution in [0.5, 0.6) is 0 Å². The molecule has 1 aliphatic rings. The first-order valence-corrected chi connectivity index (χ1v) is 10.1. The molecule has 4 rings (SSSR count). The number of carbonyl (C=O) groups excluding carboxylic acids is 2. The summed E-state index contributed by atoms with van der Waals surface area (Å²) in [5.74, 6) is -0.663. The van der Waals surface area contributed by atoms with Crippen molar-refractivity contribution in [3.8, 4) is 0 Å². The molecule has 1 aromatic heterocycles. The maximum atomic E-state index is 13.1. The molecule has 9 nitrogen and oxygen atoms in total. The van der Waals surface area contributed by atoms with E-state index in [1.807, 2.05) is 0 Å². The SMILES string of the molecule is Cc1c(C(=O)Nc2ccc(F)cc2)oc2c1/C(=N/NC(=O)c1ccc([N+](=O)[O-])cc1)CCC2. The highest BCUT2D eigenvalue weighted by Gasteiger charge is 2.28. The number of carbonyl (C=O) groups is 2. The zero-order valence-corrected chi connectivity index (χ0v) is 17.6. The molecule has 168 valence electrons. The standard InChI is InChI=1S/C23H19FN4O5/c1-13-20-18(26-27-22(29)14-5-11-17(12-6-14)28(31)32)3-2-4-19(20)33-21(13)23(30)25-16-9-7-15(24)8-10-16/h5-12H,2-4H2,1H3,(H,25,30)(H,27,29)/b26-18+. The summed E-state index contributed by atoms with van der Waals surface area (Å²) in [5.41, 5.74) is 4.85. The van der Waals surface area contributed by atoms with E-state index >= 15 is 0 Å². The van der Waals surface area contributed by atoms with Gasteiger partial charge in [-0.15, -0.1) is 0 Å². The maximum absolute atomic E-state index is 13.1. The minimum atomic E-state index is -0.545. The first-order chi connectivity index (χ1) is 15.8. The van der Waals surface area contributed by atoms with E-state index in [2.05, 4.69) is 15.8 Å². The number of halogens is 1. The number of rotatable bonds is 5. The van der Waals surface area contributed by atoms with Gasteiger partial charge in [0, 0.05) is 40.9 Å². The van der Waals surface area contributed by atoms with E-state index in [4.69, 9.17) is 4.42 Å². The van der Waals surface area contributed by atoms with Crippen LogP contribution in [0.25, 0.3) is 0 Å². The van der Waals surface area contributed by atoms with Crippen LogP contribution in [0.1, 0.15) is 50.6 Å². The monoisotopic (exact) mass is 450 g/mol. The lowest BCUT2D eigenvalue weighted by Crippen LogP contribution is -2.22. The molecule has 10 heteroatoms. The third-order valence-electron chi connectivity index (χ3n) is 5.27. The van der Waals surface area contributed by atoms with Gasteiger partial charge in [-0.1, -0.05) is 0 Å². The summed E-state index contributed by atoms with van der Waals surface area (Å²) in [7, 11) is 0. The van der Waals surface area contributed by atoms with E-state index in [0.717, 1.165) is 6.42 Å². The molecule has 2 N–H and O–H groups in total. The van der Waals surface area contributed by atoms with E-state index in [-0.39, 0.29) is 17.0 Å². The molecule has 0 saturated heterocycles. The molecular formula is C23H19FN4O5. The topological polar surface area (TPSA) is 127 Å². The number of hydrogen-bond acceptors (Lipinski definition) is 6. The lowest BCUT2D eigenvalue weighted by Gasteiger charge is -2.13. The average Bonchev–Trinajstić information content (AvgIpc) is 3.16. The van der Waals surface area contributed by atoms with Gasteiger partial charge < -0.3 is 9.73 Å². The summed E-state index contributed by atoms with van der Waals surface area (Å²) in [6.07, 6.45) is 1.92. The number of hydrazone groups is 1. The number of nitrogens with zero attached hydrogens (tertiary/aromatic N) is 2. The van der Waals surface area contributed by atoms with Crippen LogP contribution in [0.15, 0.2) is 58.0 Å². The Hall–Kier alpha value is -4.34. The van der Waals surface area contributed by atoms with E-state index in [0.29, 0.717) is 41.1 Å². The Labute approximate surface area is 187 Å². The molecule has 2 amide bonds. The van der Waals surface area contributed by atoms with Crippen LogP contribution in [0.3, 0.4) is 0 Å². The van der Waals surface area contributed by atoms with E-state index < -0.39 is 22.6 Å². The molecule has 0 aliphatic heterocycles. The Bertz CT molecular complexity index is 1260. The van der Waals surface area contributed by atoms with Crippen molar-refractivity contribution in [3.63, 3.8) is 0 Å². The first kappa shape index (κ1) is 21.9. The molecule has 0 saturated carbocycles. The van der Waals surface area contributed by atoms with Crippen LogP contribution in [0, 0.1) is 22.9 Å². The fourth-order valence-corrected chi connectivity index (χ4v) is 3.64. The Morgan fingerprint density at radius 2 is 1.76 bits per heavy atom. The van der Waals surface area contributed by atoms with Gasteiger partial charge in [-0.2, -0.15) is 5.10 Å². The van der Waals surface area contributed by atoms with Gasteiger partial charge in [0.25, 0.3) is 17.5 Å². The molecule has 33 heavy (non-hydrogen) atoms. The van der Waals surface area contributed by atoms with Crippen LogP contribution in [-0.2, 0) is 6.42 Å².